The van der Waals surface area contributed by atoms with E-state index in [1.54, 1.807) is 0 Å². The summed E-state index contributed by atoms with van der Waals surface area (Å²) < 4.78 is 5.57. The molecule has 0 bridgehead atoms. The Balaban J connectivity index is 1.65. The molecule has 2 heterocycles. The van der Waals surface area contributed by atoms with E-state index in [1.807, 2.05) is 30.5 Å². The van der Waals surface area contributed by atoms with Crippen molar-refractivity contribution in [2.45, 2.75) is 0 Å². The van der Waals surface area contributed by atoms with Crippen molar-refractivity contribution in [3.63, 3.8) is 0 Å². The average molecular weight is 287 g/mol. The van der Waals surface area contributed by atoms with Gasteiger partial charge < -0.3 is 19.9 Å². The Hall–Kier alpha value is -1.85. The highest BCUT2D eigenvalue weighted by atomic mass is 16.5. The van der Waals surface area contributed by atoms with Crippen LogP contribution in [0.5, 0.6) is 0 Å². The van der Waals surface area contributed by atoms with Crippen LogP contribution in [0.1, 0.15) is 10.4 Å². The van der Waals surface area contributed by atoms with Gasteiger partial charge in [-0.3, -0.25) is 4.79 Å². The molecule has 1 amide bonds. The highest BCUT2D eigenvalue weighted by Gasteiger charge is 2.18. The molecule has 112 valence electrons. The molecule has 21 heavy (non-hydrogen) atoms. The molecule has 1 atom stereocenters. The van der Waals surface area contributed by atoms with Gasteiger partial charge in [-0.25, -0.2) is 0 Å². The number of H-pyrrole nitrogens is 1. The number of likely N-dealkylation sites (N-methyl/N-ethyl adjacent to an activating group) is 1. The summed E-state index contributed by atoms with van der Waals surface area (Å²) in [6.07, 6.45) is 1.86. The van der Waals surface area contributed by atoms with Gasteiger partial charge in [0.1, 0.15) is 0 Å². The van der Waals surface area contributed by atoms with Gasteiger partial charge in [-0.1, -0.05) is 12.1 Å². The fourth-order valence-corrected chi connectivity index (χ4v) is 2.79. The maximum Gasteiger partial charge on any atom is 0.253 e. The van der Waals surface area contributed by atoms with E-state index in [-0.39, 0.29) is 5.91 Å². The fourth-order valence-electron chi connectivity index (χ4n) is 2.79. The fraction of sp³-hybridized carbons (Fsp3) is 0.438. The van der Waals surface area contributed by atoms with Crippen LogP contribution in [-0.4, -0.2) is 55.7 Å². The number of amides is 1. The highest BCUT2D eigenvalue weighted by Crippen LogP contribution is 2.16. The maximum absolute atomic E-state index is 12.4. The smallest absolute Gasteiger partial charge is 0.253 e. The van der Waals surface area contributed by atoms with E-state index >= 15 is 0 Å². The van der Waals surface area contributed by atoms with Crippen molar-refractivity contribution in [3.05, 3.63) is 36.0 Å². The second-order valence-electron chi connectivity index (χ2n) is 5.66. The Morgan fingerprint density at radius 2 is 2.38 bits per heavy atom. The SMILES string of the molecule is CN1CCOC[C@@H](CNC(=O)c2cccc3cc[nH]c23)C1. The normalized spacial score (nSPS) is 20.3. The van der Waals surface area contributed by atoms with Gasteiger partial charge in [-0.05, 0) is 19.2 Å². The number of rotatable bonds is 3. The first-order chi connectivity index (χ1) is 10.2. The molecule has 1 aliphatic rings. The standard InChI is InChI=1S/C16H21N3O2/c1-19-7-8-21-11-12(10-19)9-18-16(20)14-4-2-3-13-5-6-17-15(13)14/h2-6,12,17H,7-11H2,1H3,(H,18,20)/t12-/m0/s1. The molecule has 0 spiro atoms. The molecule has 1 fully saturated rings. The zero-order valence-corrected chi connectivity index (χ0v) is 12.3. The number of para-hydroxylation sites is 1. The van der Waals surface area contributed by atoms with Gasteiger partial charge in [0.2, 0.25) is 0 Å². The largest absolute Gasteiger partial charge is 0.380 e. The van der Waals surface area contributed by atoms with Crippen molar-refractivity contribution in [1.29, 1.82) is 0 Å². The van der Waals surface area contributed by atoms with Gasteiger partial charge in [0.05, 0.1) is 24.3 Å². The zero-order chi connectivity index (χ0) is 14.7. The lowest BCUT2D eigenvalue weighted by molar-refractivity contribution is 0.0923. The Bertz CT molecular complexity index is 623. The molecular weight excluding hydrogens is 266 g/mol. The molecule has 1 saturated heterocycles. The summed E-state index contributed by atoms with van der Waals surface area (Å²) in [6.45, 7) is 4.01. The first-order valence-corrected chi connectivity index (χ1v) is 7.34. The Morgan fingerprint density at radius 1 is 1.48 bits per heavy atom. The summed E-state index contributed by atoms with van der Waals surface area (Å²) in [5.74, 6) is 0.305. The van der Waals surface area contributed by atoms with Crippen LogP contribution in [0.3, 0.4) is 0 Å². The van der Waals surface area contributed by atoms with Crippen LogP contribution in [0, 0.1) is 5.92 Å². The maximum atomic E-state index is 12.4. The number of hydrogen-bond acceptors (Lipinski definition) is 3. The molecule has 1 aromatic heterocycles. The summed E-state index contributed by atoms with van der Waals surface area (Å²) in [4.78, 5) is 17.8. The van der Waals surface area contributed by atoms with E-state index in [4.69, 9.17) is 4.74 Å². The molecule has 0 radical (unpaired) electrons. The van der Waals surface area contributed by atoms with Crippen LogP contribution in [0.15, 0.2) is 30.5 Å². The van der Waals surface area contributed by atoms with Crippen molar-refractivity contribution >= 4 is 16.8 Å². The summed E-state index contributed by atoms with van der Waals surface area (Å²) in [5, 5.41) is 4.09. The number of fused-ring (bicyclic) bond motifs is 1. The van der Waals surface area contributed by atoms with E-state index in [0.717, 1.165) is 30.6 Å². The third-order valence-corrected chi connectivity index (χ3v) is 3.92. The number of aromatic amines is 1. The van der Waals surface area contributed by atoms with Crippen molar-refractivity contribution in [1.82, 2.24) is 15.2 Å². The average Bonchev–Trinajstić information content (AvgIpc) is 2.87. The minimum absolute atomic E-state index is 0.0325. The van der Waals surface area contributed by atoms with Crippen LogP contribution >= 0.6 is 0 Å². The number of carbonyl (C=O) groups excluding carboxylic acids is 1. The molecule has 1 aromatic carbocycles. The van der Waals surface area contributed by atoms with E-state index in [1.165, 1.54) is 0 Å². The predicted octanol–water partition coefficient (Wildman–Crippen LogP) is 1.48. The lowest BCUT2D eigenvalue weighted by Crippen LogP contribution is -2.35. The van der Waals surface area contributed by atoms with E-state index < -0.39 is 0 Å². The Kier molecular flexibility index (Phi) is 4.22. The van der Waals surface area contributed by atoms with Crippen LogP contribution in [0.2, 0.25) is 0 Å². The molecule has 0 unspecified atom stereocenters. The minimum atomic E-state index is -0.0325. The van der Waals surface area contributed by atoms with E-state index in [9.17, 15) is 4.79 Å². The van der Waals surface area contributed by atoms with E-state index in [2.05, 4.69) is 22.2 Å². The molecule has 2 aromatic rings. The molecule has 1 aliphatic heterocycles. The van der Waals surface area contributed by atoms with Crippen LogP contribution < -0.4 is 5.32 Å². The molecule has 5 nitrogen and oxygen atoms in total. The monoisotopic (exact) mass is 287 g/mol. The molecule has 5 heteroatoms. The quantitative estimate of drug-likeness (QED) is 0.899. The molecule has 0 aliphatic carbocycles. The minimum Gasteiger partial charge on any atom is -0.380 e. The van der Waals surface area contributed by atoms with Crippen molar-refractivity contribution < 1.29 is 9.53 Å². The lowest BCUT2D eigenvalue weighted by atomic mass is 10.1. The van der Waals surface area contributed by atoms with Crippen LogP contribution in [0.4, 0.5) is 0 Å². The third kappa shape index (κ3) is 3.25. The van der Waals surface area contributed by atoms with Crippen LogP contribution in [0.25, 0.3) is 10.9 Å². The number of aromatic nitrogens is 1. The second kappa shape index (κ2) is 6.28. The first kappa shape index (κ1) is 14.1. The van der Waals surface area contributed by atoms with Gasteiger partial charge in [0.15, 0.2) is 0 Å². The number of ether oxygens (including phenoxy) is 1. The number of nitrogens with one attached hydrogen (secondary N) is 2. The molecule has 0 saturated carbocycles. The van der Waals surface area contributed by atoms with Gasteiger partial charge in [-0.15, -0.1) is 0 Å². The van der Waals surface area contributed by atoms with Gasteiger partial charge >= 0.3 is 0 Å². The third-order valence-electron chi connectivity index (χ3n) is 3.92. The number of carbonyl (C=O) groups is 1. The summed E-state index contributed by atoms with van der Waals surface area (Å²) in [5.41, 5.74) is 1.59. The predicted molar refractivity (Wildman–Crippen MR) is 82.4 cm³/mol. The summed E-state index contributed by atoms with van der Waals surface area (Å²) >= 11 is 0. The number of nitrogens with zero attached hydrogens (tertiary/aromatic N) is 1. The molecule has 2 N–H and O–H groups in total. The summed E-state index contributed by atoms with van der Waals surface area (Å²) in [6, 6.07) is 7.73. The number of hydrogen-bond donors (Lipinski definition) is 2. The summed E-state index contributed by atoms with van der Waals surface area (Å²) in [7, 11) is 2.09. The van der Waals surface area contributed by atoms with Gasteiger partial charge in [-0.2, -0.15) is 0 Å². The molecular formula is C16H21N3O2. The van der Waals surface area contributed by atoms with E-state index in [0.29, 0.717) is 24.6 Å². The van der Waals surface area contributed by atoms with Crippen molar-refractivity contribution in [2.24, 2.45) is 5.92 Å². The van der Waals surface area contributed by atoms with Gasteiger partial charge in [0, 0.05) is 37.1 Å². The zero-order valence-electron chi connectivity index (χ0n) is 12.3. The van der Waals surface area contributed by atoms with Crippen molar-refractivity contribution in [3.8, 4) is 0 Å². The van der Waals surface area contributed by atoms with Crippen molar-refractivity contribution in [2.75, 3.05) is 39.9 Å². The Labute approximate surface area is 124 Å². The first-order valence-electron chi connectivity index (χ1n) is 7.34. The van der Waals surface area contributed by atoms with Crippen LogP contribution in [-0.2, 0) is 4.74 Å². The molecule has 3 rings (SSSR count). The van der Waals surface area contributed by atoms with Gasteiger partial charge in [0.25, 0.3) is 5.91 Å². The highest BCUT2D eigenvalue weighted by molar-refractivity contribution is 6.05. The Morgan fingerprint density at radius 3 is 3.29 bits per heavy atom. The topological polar surface area (TPSA) is 57.4 Å². The second-order valence-corrected chi connectivity index (χ2v) is 5.66. The number of benzene rings is 1. The lowest BCUT2D eigenvalue weighted by Gasteiger charge is -2.19.